The van der Waals surface area contributed by atoms with E-state index in [2.05, 4.69) is 10.3 Å². The van der Waals surface area contributed by atoms with Gasteiger partial charge < -0.3 is 15.2 Å². The molecule has 20 heavy (non-hydrogen) atoms. The molecule has 2 rings (SSSR count). The van der Waals surface area contributed by atoms with Crippen LogP contribution in [0.3, 0.4) is 0 Å². The Balaban J connectivity index is 1.99. The van der Waals surface area contributed by atoms with Crippen LogP contribution in [0, 0.1) is 0 Å². The normalized spacial score (nSPS) is 17.8. The van der Waals surface area contributed by atoms with E-state index in [0.717, 1.165) is 5.69 Å². The van der Waals surface area contributed by atoms with Gasteiger partial charge in [-0.1, -0.05) is 18.5 Å². The van der Waals surface area contributed by atoms with E-state index in [-0.39, 0.29) is 12.5 Å². The minimum atomic E-state index is -0.877. The molecular formula is C14H19ClN2O3. The third-order valence-electron chi connectivity index (χ3n) is 3.47. The van der Waals surface area contributed by atoms with Gasteiger partial charge in [0.25, 0.3) is 5.91 Å². The summed E-state index contributed by atoms with van der Waals surface area (Å²) >= 11 is 5.89. The Morgan fingerprint density at radius 2 is 2.20 bits per heavy atom. The Morgan fingerprint density at radius 1 is 1.50 bits per heavy atom. The summed E-state index contributed by atoms with van der Waals surface area (Å²) in [5.74, 6) is -0.246. The van der Waals surface area contributed by atoms with Gasteiger partial charge in [-0.25, -0.2) is 4.98 Å². The van der Waals surface area contributed by atoms with Crippen LogP contribution in [0.5, 0.6) is 0 Å². The molecule has 0 spiro atoms. The first-order chi connectivity index (χ1) is 9.52. The largest absolute Gasteiger partial charge is 0.388 e. The maximum Gasteiger partial charge on any atom is 0.251 e. The van der Waals surface area contributed by atoms with Crippen LogP contribution in [-0.4, -0.2) is 41.4 Å². The van der Waals surface area contributed by atoms with Gasteiger partial charge in [0.2, 0.25) is 0 Å². The van der Waals surface area contributed by atoms with Crippen molar-refractivity contribution in [1.29, 1.82) is 0 Å². The quantitative estimate of drug-likeness (QED) is 0.828. The topological polar surface area (TPSA) is 71.5 Å². The number of aryl methyl sites for hydroxylation is 1. The van der Waals surface area contributed by atoms with E-state index in [4.69, 9.17) is 16.3 Å². The summed E-state index contributed by atoms with van der Waals surface area (Å²) in [6, 6.07) is 3.25. The summed E-state index contributed by atoms with van der Waals surface area (Å²) < 4.78 is 5.20. The van der Waals surface area contributed by atoms with Gasteiger partial charge in [-0.15, -0.1) is 0 Å². The van der Waals surface area contributed by atoms with Crippen molar-refractivity contribution in [2.24, 2.45) is 0 Å². The van der Waals surface area contributed by atoms with E-state index in [1.54, 1.807) is 6.07 Å². The summed E-state index contributed by atoms with van der Waals surface area (Å²) in [5.41, 5.74) is 0.364. The zero-order valence-corrected chi connectivity index (χ0v) is 12.2. The molecule has 0 aromatic carbocycles. The summed E-state index contributed by atoms with van der Waals surface area (Å²) in [6.07, 6.45) is 1.78. The van der Waals surface area contributed by atoms with Gasteiger partial charge in [0.15, 0.2) is 0 Å². The van der Waals surface area contributed by atoms with Gasteiger partial charge >= 0.3 is 0 Å². The molecule has 2 N–H and O–H groups in total. The fraction of sp³-hybridized carbons (Fsp3) is 0.571. The van der Waals surface area contributed by atoms with Crippen molar-refractivity contribution in [2.45, 2.75) is 31.8 Å². The second kappa shape index (κ2) is 6.52. The lowest BCUT2D eigenvalue weighted by Crippen LogP contribution is -2.46. The third-order valence-corrected chi connectivity index (χ3v) is 3.67. The van der Waals surface area contributed by atoms with E-state index >= 15 is 0 Å². The van der Waals surface area contributed by atoms with Crippen LogP contribution in [0.4, 0.5) is 0 Å². The Morgan fingerprint density at radius 3 is 2.85 bits per heavy atom. The van der Waals surface area contributed by atoms with Crippen molar-refractivity contribution < 1.29 is 14.6 Å². The molecule has 1 aliphatic heterocycles. The number of aliphatic hydroxyl groups is 1. The molecule has 6 heteroatoms. The standard InChI is InChI=1S/C14H19ClN2O3/c1-2-11-7-10(8-12(15)17-11)13(18)16-9-14(19)3-5-20-6-4-14/h7-8,19H,2-6,9H2,1H3,(H,16,18). The molecule has 0 bridgehead atoms. The first kappa shape index (κ1) is 15.2. The fourth-order valence-corrected chi connectivity index (χ4v) is 2.36. The molecule has 1 aromatic rings. The average Bonchev–Trinajstić information content (AvgIpc) is 2.45. The Hall–Kier alpha value is -1.17. The zero-order valence-electron chi connectivity index (χ0n) is 11.5. The van der Waals surface area contributed by atoms with Gasteiger partial charge in [-0.05, 0) is 18.6 Å². The highest BCUT2D eigenvalue weighted by Gasteiger charge is 2.30. The summed E-state index contributed by atoms with van der Waals surface area (Å²) in [4.78, 5) is 16.2. The molecule has 0 unspecified atom stereocenters. The molecule has 0 radical (unpaired) electrons. The summed E-state index contributed by atoms with van der Waals surface area (Å²) in [6.45, 7) is 3.21. The molecule has 0 atom stereocenters. The summed E-state index contributed by atoms with van der Waals surface area (Å²) in [7, 11) is 0. The predicted octanol–water partition coefficient (Wildman–Crippen LogP) is 1.57. The van der Waals surface area contributed by atoms with Crippen molar-refractivity contribution in [3.05, 3.63) is 28.5 Å². The smallest absolute Gasteiger partial charge is 0.251 e. The number of aromatic nitrogens is 1. The van der Waals surface area contributed by atoms with E-state index in [9.17, 15) is 9.90 Å². The Bertz CT molecular complexity index is 487. The number of carbonyl (C=O) groups is 1. The highest BCUT2D eigenvalue weighted by atomic mass is 35.5. The molecule has 0 saturated carbocycles. The second-order valence-corrected chi connectivity index (χ2v) is 5.43. The predicted molar refractivity (Wildman–Crippen MR) is 76.0 cm³/mol. The molecule has 1 aliphatic rings. The molecule has 0 aliphatic carbocycles. The number of halogens is 1. The SMILES string of the molecule is CCc1cc(C(=O)NCC2(O)CCOCC2)cc(Cl)n1. The van der Waals surface area contributed by atoms with Crippen LogP contribution >= 0.6 is 11.6 Å². The Kier molecular flexibility index (Phi) is 4.96. The molecule has 110 valence electrons. The number of hydrogen-bond donors (Lipinski definition) is 2. The van der Waals surface area contributed by atoms with Crippen molar-refractivity contribution in [2.75, 3.05) is 19.8 Å². The highest BCUT2D eigenvalue weighted by Crippen LogP contribution is 2.19. The van der Waals surface area contributed by atoms with E-state index in [1.807, 2.05) is 6.92 Å². The molecule has 5 nitrogen and oxygen atoms in total. The molecule has 1 aromatic heterocycles. The van der Waals surface area contributed by atoms with Crippen LogP contribution in [0.25, 0.3) is 0 Å². The van der Waals surface area contributed by atoms with E-state index in [0.29, 0.717) is 43.2 Å². The lowest BCUT2D eigenvalue weighted by molar-refractivity contribution is -0.0605. The first-order valence-electron chi connectivity index (χ1n) is 6.77. The van der Waals surface area contributed by atoms with Crippen LogP contribution in [-0.2, 0) is 11.2 Å². The van der Waals surface area contributed by atoms with E-state index in [1.165, 1.54) is 6.07 Å². The number of amides is 1. The summed E-state index contributed by atoms with van der Waals surface area (Å²) in [5, 5.41) is 13.4. The first-order valence-corrected chi connectivity index (χ1v) is 7.15. The maximum atomic E-state index is 12.1. The van der Waals surface area contributed by atoms with Crippen LogP contribution < -0.4 is 5.32 Å². The number of hydrogen-bond acceptors (Lipinski definition) is 4. The van der Waals surface area contributed by atoms with Gasteiger partial charge in [0.05, 0.1) is 5.60 Å². The van der Waals surface area contributed by atoms with Crippen LogP contribution in [0.2, 0.25) is 5.15 Å². The number of nitrogens with zero attached hydrogens (tertiary/aromatic N) is 1. The van der Waals surface area contributed by atoms with Gasteiger partial charge in [0, 0.05) is 43.9 Å². The number of pyridine rings is 1. The van der Waals surface area contributed by atoms with Crippen molar-refractivity contribution in [3.8, 4) is 0 Å². The van der Waals surface area contributed by atoms with Crippen molar-refractivity contribution in [3.63, 3.8) is 0 Å². The average molecular weight is 299 g/mol. The fourth-order valence-electron chi connectivity index (χ4n) is 2.14. The molecule has 1 amide bonds. The molecule has 1 fully saturated rings. The molecule has 2 heterocycles. The number of nitrogens with one attached hydrogen (secondary N) is 1. The molecule has 1 saturated heterocycles. The third kappa shape index (κ3) is 3.91. The van der Waals surface area contributed by atoms with Crippen molar-refractivity contribution >= 4 is 17.5 Å². The monoisotopic (exact) mass is 298 g/mol. The maximum absolute atomic E-state index is 12.1. The van der Waals surface area contributed by atoms with Crippen LogP contribution in [0.1, 0.15) is 35.8 Å². The number of carbonyl (C=O) groups excluding carboxylic acids is 1. The molecular weight excluding hydrogens is 280 g/mol. The van der Waals surface area contributed by atoms with E-state index < -0.39 is 5.60 Å². The van der Waals surface area contributed by atoms with Gasteiger partial charge in [-0.2, -0.15) is 0 Å². The lowest BCUT2D eigenvalue weighted by Gasteiger charge is -2.32. The van der Waals surface area contributed by atoms with Crippen molar-refractivity contribution in [1.82, 2.24) is 10.3 Å². The number of rotatable bonds is 4. The number of ether oxygens (including phenoxy) is 1. The lowest BCUT2D eigenvalue weighted by atomic mass is 9.94. The van der Waals surface area contributed by atoms with Crippen LogP contribution in [0.15, 0.2) is 12.1 Å². The van der Waals surface area contributed by atoms with Gasteiger partial charge in [-0.3, -0.25) is 4.79 Å². The zero-order chi connectivity index (χ0) is 14.6. The van der Waals surface area contributed by atoms with Gasteiger partial charge in [0.1, 0.15) is 5.15 Å². The second-order valence-electron chi connectivity index (χ2n) is 5.04. The minimum Gasteiger partial charge on any atom is -0.388 e. The minimum absolute atomic E-state index is 0.219. The Labute approximate surface area is 123 Å². The highest BCUT2D eigenvalue weighted by molar-refractivity contribution is 6.29.